The number of H-pyrrole nitrogens is 1. The molecule has 0 radical (unpaired) electrons. The summed E-state index contributed by atoms with van der Waals surface area (Å²) in [6.07, 6.45) is 0. The van der Waals surface area contributed by atoms with E-state index in [4.69, 9.17) is 35.4 Å². The van der Waals surface area contributed by atoms with Crippen molar-refractivity contribution in [2.45, 2.75) is 0 Å². The molecule has 0 unspecified atom stereocenters. The van der Waals surface area contributed by atoms with Crippen LogP contribution in [-0.4, -0.2) is 9.55 Å². The van der Waals surface area contributed by atoms with Gasteiger partial charge in [-0.15, -0.1) is 0 Å². The third-order valence-electron chi connectivity index (χ3n) is 2.89. The number of fused-ring (bicyclic) bond motifs is 1. The highest BCUT2D eigenvalue weighted by molar-refractivity contribution is 7.71. The Hall–Kier alpha value is -1.43. The van der Waals surface area contributed by atoms with Crippen LogP contribution in [-0.2, 0) is 0 Å². The fourth-order valence-corrected chi connectivity index (χ4v) is 2.62. The summed E-state index contributed by atoms with van der Waals surface area (Å²) in [5.41, 5.74) is 1.70. The number of rotatable bonds is 1. The highest BCUT2D eigenvalue weighted by Crippen LogP contribution is 2.29. The average Bonchev–Trinajstić information content (AvgIpc) is 2.69. The van der Waals surface area contributed by atoms with Crippen molar-refractivity contribution in [1.82, 2.24) is 9.55 Å². The monoisotopic (exact) mass is 330 g/mol. The van der Waals surface area contributed by atoms with Gasteiger partial charge in [0, 0.05) is 6.07 Å². The zero-order valence-corrected chi connectivity index (χ0v) is 12.1. The van der Waals surface area contributed by atoms with Crippen molar-refractivity contribution >= 4 is 46.5 Å². The van der Waals surface area contributed by atoms with Gasteiger partial charge >= 0.3 is 0 Å². The lowest BCUT2D eigenvalue weighted by Gasteiger charge is -2.06. The van der Waals surface area contributed by atoms with Crippen LogP contribution in [0, 0.1) is 16.4 Å². The molecule has 1 aromatic heterocycles. The maximum absolute atomic E-state index is 13.4. The molecule has 2 aromatic carbocycles. The maximum Gasteiger partial charge on any atom is 0.182 e. The van der Waals surface area contributed by atoms with E-state index in [1.54, 1.807) is 16.7 Å². The lowest BCUT2D eigenvalue weighted by Crippen LogP contribution is -1.96. The molecule has 3 rings (SSSR count). The van der Waals surface area contributed by atoms with E-state index < -0.39 is 11.6 Å². The van der Waals surface area contributed by atoms with E-state index >= 15 is 0 Å². The van der Waals surface area contributed by atoms with Crippen molar-refractivity contribution in [2.24, 2.45) is 0 Å². The quantitative estimate of drug-likeness (QED) is 0.602. The fourth-order valence-electron chi connectivity index (χ4n) is 1.98. The minimum absolute atomic E-state index is 0.337. The molecule has 0 bridgehead atoms. The largest absolute Gasteiger partial charge is 0.330 e. The van der Waals surface area contributed by atoms with Crippen LogP contribution in [0.3, 0.4) is 0 Å². The number of nitrogens with one attached hydrogen (secondary N) is 1. The molecule has 0 atom stereocenters. The zero-order chi connectivity index (χ0) is 14.4. The van der Waals surface area contributed by atoms with Crippen molar-refractivity contribution in [3.05, 3.63) is 56.8 Å². The van der Waals surface area contributed by atoms with Crippen molar-refractivity contribution in [3.8, 4) is 5.69 Å². The van der Waals surface area contributed by atoms with Gasteiger partial charge in [-0.3, -0.25) is 4.57 Å². The summed E-state index contributed by atoms with van der Waals surface area (Å²) >= 11 is 17.1. The number of aromatic nitrogens is 2. The summed E-state index contributed by atoms with van der Waals surface area (Å²) < 4.78 is 28.3. The minimum Gasteiger partial charge on any atom is -0.330 e. The van der Waals surface area contributed by atoms with Crippen LogP contribution in [0.1, 0.15) is 0 Å². The standard InChI is InChI=1S/C13H6Cl2F2N2S/c14-7-4-11-12(5-8(7)15)19(13(20)18-11)6-1-2-9(16)10(17)3-6/h1-5H,(H,18,20). The molecule has 1 N–H and O–H groups in total. The highest BCUT2D eigenvalue weighted by atomic mass is 35.5. The van der Waals surface area contributed by atoms with Gasteiger partial charge in [0.2, 0.25) is 0 Å². The molecular weight excluding hydrogens is 325 g/mol. The van der Waals surface area contributed by atoms with E-state index in [2.05, 4.69) is 4.98 Å². The summed E-state index contributed by atoms with van der Waals surface area (Å²) in [5, 5.41) is 0.734. The molecule has 2 nitrogen and oxygen atoms in total. The number of benzene rings is 2. The number of halogens is 4. The van der Waals surface area contributed by atoms with E-state index in [1.807, 2.05) is 0 Å². The van der Waals surface area contributed by atoms with Gasteiger partial charge in [0.05, 0.1) is 26.8 Å². The summed E-state index contributed by atoms with van der Waals surface area (Å²) in [6, 6.07) is 6.80. The Morgan fingerprint density at radius 3 is 2.40 bits per heavy atom. The predicted octanol–water partition coefficient (Wildman–Crippen LogP) is 5.27. The van der Waals surface area contributed by atoms with Gasteiger partial charge in [-0.1, -0.05) is 23.2 Å². The summed E-state index contributed by atoms with van der Waals surface area (Å²) in [5.74, 6) is -1.86. The topological polar surface area (TPSA) is 20.7 Å². The van der Waals surface area contributed by atoms with Crippen LogP contribution in [0.5, 0.6) is 0 Å². The Bertz CT molecular complexity index is 886. The normalized spacial score (nSPS) is 11.2. The van der Waals surface area contributed by atoms with Gasteiger partial charge in [0.1, 0.15) is 0 Å². The van der Waals surface area contributed by atoms with Crippen LogP contribution in [0.4, 0.5) is 8.78 Å². The second-order valence-corrected chi connectivity index (χ2v) is 5.35. The summed E-state index contributed by atoms with van der Waals surface area (Å²) in [7, 11) is 0. The summed E-state index contributed by atoms with van der Waals surface area (Å²) in [4.78, 5) is 2.95. The van der Waals surface area contributed by atoms with E-state index in [-0.39, 0.29) is 0 Å². The smallest absolute Gasteiger partial charge is 0.182 e. The van der Waals surface area contributed by atoms with Gasteiger partial charge in [-0.05, 0) is 36.5 Å². The van der Waals surface area contributed by atoms with Gasteiger partial charge < -0.3 is 4.98 Å². The lowest BCUT2D eigenvalue weighted by atomic mass is 10.2. The van der Waals surface area contributed by atoms with Crippen molar-refractivity contribution < 1.29 is 8.78 Å². The number of aromatic amines is 1. The molecule has 0 aliphatic heterocycles. The first-order valence-corrected chi connectivity index (χ1v) is 6.69. The van der Waals surface area contributed by atoms with Crippen LogP contribution < -0.4 is 0 Å². The molecular formula is C13H6Cl2F2N2S. The Morgan fingerprint density at radius 2 is 1.70 bits per heavy atom. The molecule has 0 fully saturated rings. The third-order valence-corrected chi connectivity index (χ3v) is 3.89. The van der Waals surface area contributed by atoms with Crippen molar-refractivity contribution in [1.29, 1.82) is 0 Å². The van der Waals surface area contributed by atoms with Crippen molar-refractivity contribution in [3.63, 3.8) is 0 Å². The third kappa shape index (κ3) is 2.12. The SMILES string of the molecule is Fc1ccc(-n2c(=S)[nH]c3cc(Cl)c(Cl)cc32)cc1F. The molecule has 0 spiro atoms. The molecule has 0 amide bonds. The molecule has 0 saturated carbocycles. The van der Waals surface area contributed by atoms with E-state index in [1.165, 1.54) is 6.07 Å². The molecule has 3 aromatic rings. The Kier molecular flexibility index (Phi) is 3.28. The maximum atomic E-state index is 13.4. The lowest BCUT2D eigenvalue weighted by molar-refractivity contribution is 0.508. The first-order valence-electron chi connectivity index (χ1n) is 5.52. The van der Waals surface area contributed by atoms with Crippen LogP contribution in [0.15, 0.2) is 30.3 Å². The Morgan fingerprint density at radius 1 is 1.00 bits per heavy atom. The first kappa shape index (κ1) is 13.5. The number of imidazole rings is 1. The van der Waals surface area contributed by atoms with E-state index in [0.717, 1.165) is 12.1 Å². The fraction of sp³-hybridized carbons (Fsp3) is 0. The van der Waals surface area contributed by atoms with Crippen molar-refractivity contribution in [2.75, 3.05) is 0 Å². The molecule has 0 aliphatic rings. The van der Waals surface area contributed by atoms with Gasteiger partial charge in [-0.25, -0.2) is 8.78 Å². The number of hydrogen-bond acceptors (Lipinski definition) is 1. The Balaban J connectivity index is 2.35. The first-order chi connectivity index (χ1) is 9.47. The summed E-state index contributed by atoms with van der Waals surface area (Å²) in [6.45, 7) is 0. The van der Waals surface area contributed by atoms with Gasteiger partial charge in [0.25, 0.3) is 0 Å². The van der Waals surface area contributed by atoms with Crippen LogP contribution >= 0.6 is 35.4 Å². The zero-order valence-electron chi connectivity index (χ0n) is 9.75. The van der Waals surface area contributed by atoms with Crippen LogP contribution in [0.2, 0.25) is 10.0 Å². The molecule has 102 valence electrons. The van der Waals surface area contributed by atoms with E-state index in [0.29, 0.717) is 31.5 Å². The van der Waals surface area contributed by atoms with Gasteiger partial charge in [-0.2, -0.15) is 0 Å². The second kappa shape index (κ2) is 4.84. The second-order valence-electron chi connectivity index (χ2n) is 4.15. The molecule has 20 heavy (non-hydrogen) atoms. The molecule has 1 heterocycles. The van der Waals surface area contributed by atoms with Crippen LogP contribution in [0.25, 0.3) is 16.7 Å². The molecule has 7 heteroatoms. The average molecular weight is 331 g/mol. The number of hydrogen-bond donors (Lipinski definition) is 1. The highest BCUT2D eigenvalue weighted by Gasteiger charge is 2.11. The molecule has 0 saturated heterocycles. The number of nitrogens with zero attached hydrogens (tertiary/aromatic N) is 1. The minimum atomic E-state index is -0.946. The molecule has 0 aliphatic carbocycles. The Labute approximate surface area is 127 Å². The predicted molar refractivity (Wildman–Crippen MR) is 78.4 cm³/mol. The van der Waals surface area contributed by atoms with E-state index in [9.17, 15) is 8.78 Å². The van der Waals surface area contributed by atoms with Gasteiger partial charge in [0.15, 0.2) is 16.4 Å².